The Bertz CT molecular complexity index is 499. The third-order valence-electron chi connectivity index (χ3n) is 4.25. The van der Waals surface area contributed by atoms with E-state index in [1.807, 2.05) is 6.92 Å². The van der Waals surface area contributed by atoms with Crippen LogP contribution in [-0.2, 0) is 21.4 Å². The number of ether oxygens (including phenoxy) is 1. The van der Waals surface area contributed by atoms with Gasteiger partial charge in [-0.15, -0.1) is 0 Å². The molecule has 2 aliphatic rings. The number of carbonyl (C=O) groups excluding carboxylic acids is 1. The average molecular weight is 233 g/mol. The van der Waals surface area contributed by atoms with Gasteiger partial charge >= 0.3 is 5.97 Å². The van der Waals surface area contributed by atoms with Crippen LogP contribution < -0.4 is 0 Å². The van der Waals surface area contributed by atoms with Crippen LogP contribution in [0, 0.1) is 11.8 Å². The molecule has 1 aromatic rings. The first-order valence-corrected chi connectivity index (χ1v) is 5.94. The fourth-order valence-corrected chi connectivity index (χ4v) is 3.32. The van der Waals surface area contributed by atoms with Gasteiger partial charge in [-0.25, -0.2) is 4.98 Å². The van der Waals surface area contributed by atoms with Gasteiger partial charge in [0.2, 0.25) is 5.88 Å². The van der Waals surface area contributed by atoms with Gasteiger partial charge in [-0.05, 0) is 30.4 Å². The summed E-state index contributed by atoms with van der Waals surface area (Å²) in [7, 11) is 0. The molecule has 4 heteroatoms. The highest BCUT2D eigenvalue weighted by atomic mass is 16.5. The van der Waals surface area contributed by atoms with Crippen LogP contribution >= 0.6 is 0 Å². The second-order valence-corrected chi connectivity index (χ2v) is 5.02. The molecule has 1 N–H and O–H groups in total. The van der Waals surface area contributed by atoms with Crippen molar-refractivity contribution in [3.05, 3.63) is 23.4 Å². The molecule has 3 atom stereocenters. The third kappa shape index (κ3) is 1.24. The van der Waals surface area contributed by atoms with Gasteiger partial charge in [0, 0.05) is 17.7 Å². The summed E-state index contributed by atoms with van der Waals surface area (Å²) in [5.74, 6) is 0.251. The minimum absolute atomic E-state index is 0.0266. The van der Waals surface area contributed by atoms with E-state index in [4.69, 9.17) is 4.74 Å². The smallest absolute Gasteiger partial charge is 0.310 e. The van der Waals surface area contributed by atoms with Gasteiger partial charge < -0.3 is 9.84 Å². The summed E-state index contributed by atoms with van der Waals surface area (Å²) in [5.41, 5.74) is 2.09. The normalized spacial score (nSPS) is 32.8. The summed E-state index contributed by atoms with van der Waals surface area (Å²) >= 11 is 0. The minimum Gasteiger partial charge on any atom is -0.493 e. The Balaban J connectivity index is 1.92. The molecule has 1 aromatic heterocycles. The molecule has 0 spiro atoms. The maximum atomic E-state index is 11.8. The minimum atomic E-state index is -0.123. The lowest BCUT2D eigenvalue weighted by Gasteiger charge is -2.12. The Morgan fingerprint density at radius 1 is 1.71 bits per heavy atom. The molecule has 0 amide bonds. The van der Waals surface area contributed by atoms with Crippen LogP contribution in [0.2, 0.25) is 0 Å². The predicted octanol–water partition coefficient (Wildman–Crippen LogP) is 1.41. The fourth-order valence-electron chi connectivity index (χ4n) is 3.32. The maximum Gasteiger partial charge on any atom is 0.310 e. The standard InChI is InChI=1S/C13H15NO3/c1-3-17-12(16)11-8-4-7-5-10(15)14-6-9(7)13(8,11)2/h5-6,8,11H,3-4H2,1-2H3,(H,14,15). The van der Waals surface area contributed by atoms with Crippen molar-refractivity contribution >= 4 is 5.97 Å². The van der Waals surface area contributed by atoms with Crippen molar-refractivity contribution in [2.75, 3.05) is 6.61 Å². The SMILES string of the molecule is CCOC(=O)C1C2Cc3cc(O)ncc3C21C. The van der Waals surface area contributed by atoms with Crippen LogP contribution in [0.4, 0.5) is 0 Å². The van der Waals surface area contributed by atoms with Crippen molar-refractivity contribution in [3.8, 4) is 5.88 Å². The molecule has 4 nitrogen and oxygen atoms in total. The molecule has 17 heavy (non-hydrogen) atoms. The zero-order chi connectivity index (χ0) is 12.2. The van der Waals surface area contributed by atoms with Crippen LogP contribution in [0.15, 0.2) is 12.3 Å². The number of rotatable bonds is 2. The maximum absolute atomic E-state index is 11.8. The average Bonchev–Trinajstić information content (AvgIpc) is 2.74. The van der Waals surface area contributed by atoms with E-state index < -0.39 is 0 Å². The van der Waals surface area contributed by atoms with Crippen LogP contribution in [0.25, 0.3) is 0 Å². The summed E-state index contributed by atoms with van der Waals surface area (Å²) in [6.45, 7) is 4.34. The quantitative estimate of drug-likeness (QED) is 0.785. The van der Waals surface area contributed by atoms with E-state index in [0.29, 0.717) is 12.5 Å². The summed E-state index contributed by atoms with van der Waals surface area (Å²) in [6.07, 6.45) is 2.54. The molecule has 0 saturated heterocycles. The second kappa shape index (κ2) is 3.22. The van der Waals surface area contributed by atoms with Crippen molar-refractivity contribution in [2.45, 2.75) is 25.7 Å². The molecule has 0 aromatic carbocycles. The molecule has 0 bridgehead atoms. The first-order valence-electron chi connectivity index (χ1n) is 5.94. The molecule has 3 unspecified atom stereocenters. The molecule has 2 aliphatic carbocycles. The monoisotopic (exact) mass is 233 g/mol. The number of hydrogen-bond donors (Lipinski definition) is 1. The Labute approximate surface area is 99.6 Å². The zero-order valence-electron chi connectivity index (χ0n) is 9.93. The lowest BCUT2D eigenvalue weighted by Crippen LogP contribution is -2.16. The van der Waals surface area contributed by atoms with E-state index in [0.717, 1.165) is 17.5 Å². The summed E-state index contributed by atoms with van der Waals surface area (Å²) in [6, 6.07) is 1.70. The van der Waals surface area contributed by atoms with E-state index in [2.05, 4.69) is 11.9 Å². The van der Waals surface area contributed by atoms with Crippen molar-refractivity contribution in [2.24, 2.45) is 11.8 Å². The van der Waals surface area contributed by atoms with Gasteiger partial charge in [0.15, 0.2) is 0 Å². The summed E-state index contributed by atoms with van der Waals surface area (Å²) in [4.78, 5) is 15.7. The Morgan fingerprint density at radius 3 is 3.18 bits per heavy atom. The van der Waals surface area contributed by atoms with Crippen molar-refractivity contribution in [1.29, 1.82) is 0 Å². The van der Waals surface area contributed by atoms with Crippen molar-refractivity contribution in [1.82, 2.24) is 4.98 Å². The number of hydrogen-bond acceptors (Lipinski definition) is 4. The molecular weight excluding hydrogens is 218 g/mol. The molecule has 1 heterocycles. The molecule has 90 valence electrons. The van der Waals surface area contributed by atoms with Gasteiger partial charge in [0.1, 0.15) is 0 Å². The topological polar surface area (TPSA) is 59.4 Å². The van der Waals surface area contributed by atoms with Crippen molar-refractivity contribution in [3.63, 3.8) is 0 Å². The van der Waals surface area contributed by atoms with Gasteiger partial charge in [-0.2, -0.15) is 0 Å². The molecule has 1 saturated carbocycles. The molecular formula is C13H15NO3. The molecule has 3 rings (SSSR count). The van der Waals surface area contributed by atoms with E-state index >= 15 is 0 Å². The third-order valence-corrected chi connectivity index (χ3v) is 4.25. The first-order chi connectivity index (χ1) is 8.09. The van der Waals surface area contributed by atoms with E-state index in [1.165, 1.54) is 0 Å². The Morgan fingerprint density at radius 2 is 2.47 bits per heavy atom. The number of nitrogens with zero attached hydrogens (tertiary/aromatic N) is 1. The first kappa shape index (κ1) is 10.6. The molecule has 0 aliphatic heterocycles. The lowest BCUT2D eigenvalue weighted by atomic mass is 9.96. The number of carbonyl (C=O) groups is 1. The molecule has 0 radical (unpaired) electrons. The van der Waals surface area contributed by atoms with Crippen molar-refractivity contribution < 1.29 is 14.6 Å². The van der Waals surface area contributed by atoms with E-state index in [-0.39, 0.29) is 23.2 Å². The van der Waals surface area contributed by atoms with Crippen LogP contribution in [0.5, 0.6) is 5.88 Å². The number of aromatic nitrogens is 1. The Kier molecular flexibility index (Phi) is 2.00. The number of pyridine rings is 1. The second-order valence-electron chi connectivity index (χ2n) is 5.02. The van der Waals surface area contributed by atoms with Gasteiger partial charge in [-0.1, -0.05) is 6.92 Å². The zero-order valence-corrected chi connectivity index (χ0v) is 9.93. The van der Waals surface area contributed by atoms with E-state index in [9.17, 15) is 9.90 Å². The van der Waals surface area contributed by atoms with Crippen LogP contribution in [0.3, 0.4) is 0 Å². The highest BCUT2D eigenvalue weighted by Crippen LogP contribution is 2.66. The molecule has 1 fully saturated rings. The van der Waals surface area contributed by atoms with E-state index in [1.54, 1.807) is 12.3 Å². The summed E-state index contributed by atoms with van der Waals surface area (Å²) < 4.78 is 5.10. The number of fused-ring (bicyclic) bond motifs is 3. The number of esters is 1. The van der Waals surface area contributed by atoms with Crippen LogP contribution in [0.1, 0.15) is 25.0 Å². The van der Waals surface area contributed by atoms with Gasteiger partial charge in [0.25, 0.3) is 0 Å². The predicted molar refractivity (Wildman–Crippen MR) is 60.6 cm³/mol. The highest BCUT2D eigenvalue weighted by molar-refractivity contribution is 5.81. The summed E-state index contributed by atoms with van der Waals surface area (Å²) in [5, 5.41) is 9.34. The Hall–Kier alpha value is -1.58. The van der Waals surface area contributed by atoms with Gasteiger partial charge in [-0.3, -0.25) is 4.79 Å². The van der Waals surface area contributed by atoms with Crippen LogP contribution in [-0.4, -0.2) is 22.7 Å². The fraction of sp³-hybridized carbons (Fsp3) is 0.538. The lowest BCUT2D eigenvalue weighted by molar-refractivity contribution is -0.145. The largest absolute Gasteiger partial charge is 0.493 e. The highest BCUT2D eigenvalue weighted by Gasteiger charge is 2.70. The van der Waals surface area contributed by atoms with Gasteiger partial charge in [0.05, 0.1) is 12.5 Å². The number of aromatic hydroxyl groups is 1.